The second-order valence-electron chi connectivity index (χ2n) is 5.31. The number of nitrogens with zero attached hydrogens (tertiary/aromatic N) is 1. The number of hydrogen-bond donors (Lipinski definition) is 1. The van der Waals surface area contributed by atoms with Crippen LogP contribution in [-0.2, 0) is 6.54 Å². The molecule has 0 amide bonds. The van der Waals surface area contributed by atoms with Gasteiger partial charge < -0.3 is 4.98 Å². The van der Waals surface area contributed by atoms with E-state index in [2.05, 4.69) is 64.1 Å². The molecule has 3 rings (SSSR count). The van der Waals surface area contributed by atoms with E-state index in [0.717, 1.165) is 19.6 Å². The predicted octanol–water partition coefficient (Wildman–Crippen LogP) is 5.65. The van der Waals surface area contributed by atoms with Gasteiger partial charge in [0.15, 0.2) is 0 Å². The maximum absolute atomic E-state index is 3.86. The first-order valence-corrected chi connectivity index (χ1v) is 9.31. The van der Waals surface area contributed by atoms with E-state index in [4.69, 9.17) is 0 Å². The molecule has 0 unspecified atom stereocenters. The van der Waals surface area contributed by atoms with Crippen molar-refractivity contribution in [1.82, 2.24) is 9.88 Å². The Morgan fingerprint density at radius 2 is 1.65 bits per heavy atom. The largest absolute Gasteiger partial charge is 0.353 e. The first-order valence-electron chi connectivity index (χ1n) is 7.55. The number of H-pyrrole nitrogens is 1. The van der Waals surface area contributed by atoms with Crippen molar-refractivity contribution >= 4 is 22.7 Å². The van der Waals surface area contributed by atoms with Crippen LogP contribution >= 0.6 is 22.7 Å². The lowest BCUT2D eigenvalue weighted by Crippen LogP contribution is -2.23. The van der Waals surface area contributed by atoms with Gasteiger partial charge in [-0.1, -0.05) is 24.3 Å². The predicted molar refractivity (Wildman–Crippen MR) is 103 cm³/mol. The Morgan fingerprint density at radius 3 is 2.22 bits per heavy atom. The Kier molecular flexibility index (Phi) is 5.28. The fourth-order valence-corrected chi connectivity index (χ4v) is 4.10. The van der Waals surface area contributed by atoms with Crippen LogP contribution in [0, 0.1) is 0 Å². The highest BCUT2D eigenvalue weighted by atomic mass is 32.1. The first kappa shape index (κ1) is 16.0. The summed E-state index contributed by atoms with van der Waals surface area (Å²) in [6.45, 7) is 10.3. The molecule has 0 spiro atoms. The van der Waals surface area contributed by atoms with E-state index in [1.165, 1.54) is 26.7 Å². The summed E-state index contributed by atoms with van der Waals surface area (Å²) in [6, 6.07) is 10.8. The molecule has 0 aromatic carbocycles. The zero-order valence-corrected chi connectivity index (χ0v) is 14.6. The summed E-state index contributed by atoms with van der Waals surface area (Å²) in [5.74, 6) is 0. The lowest BCUT2D eigenvalue weighted by atomic mass is 10.2. The average molecular weight is 341 g/mol. The Bertz CT molecular complexity index is 742. The minimum absolute atomic E-state index is 0.857. The first-order chi connectivity index (χ1) is 11.3. The van der Waals surface area contributed by atoms with Gasteiger partial charge in [-0.3, -0.25) is 4.90 Å². The molecule has 0 aliphatic rings. The van der Waals surface area contributed by atoms with Crippen LogP contribution < -0.4 is 0 Å². The molecule has 0 fully saturated rings. The molecule has 3 aromatic heterocycles. The molecule has 118 valence electrons. The minimum Gasteiger partial charge on any atom is -0.353 e. The van der Waals surface area contributed by atoms with E-state index in [1.807, 2.05) is 12.2 Å². The van der Waals surface area contributed by atoms with Crippen molar-refractivity contribution in [2.75, 3.05) is 13.1 Å². The van der Waals surface area contributed by atoms with E-state index in [-0.39, 0.29) is 0 Å². The molecule has 0 aliphatic carbocycles. The summed E-state index contributed by atoms with van der Waals surface area (Å²) >= 11 is 3.53. The molecule has 0 saturated carbocycles. The smallest absolute Gasteiger partial charge is 0.0606 e. The second kappa shape index (κ2) is 7.59. The van der Waals surface area contributed by atoms with Crippen LogP contribution in [0.15, 0.2) is 66.4 Å². The number of nitrogens with one attached hydrogen (secondary N) is 1. The van der Waals surface area contributed by atoms with Gasteiger partial charge in [-0.25, -0.2) is 0 Å². The van der Waals surface area contributed by atoms with Gasteiger partial charge in [-0.2, -0.15) is 0 Å². The lowest BCUT2D eigenvalue weighted by Gasteiger charge is -2.18. The van der Waals surface area contributed by atoms with Crippen LogP contribution in [0.3, 0.4) is 0 Å². The molecule has 3 heterocycles. The van der Waals surface area contributed by atoms with Crippen LogP contribution in [0.1, 0.15) is 5.56 Å². The van der Waals surface area contributed by atoms with Gasteiger partial charge in [0.05, 0.1) is 21.1 Å². The van der Waals surface area contributed by atoms with Crippen molar-refractivity contribution in [2.45, 2.75) is 6.54 Å². The van der Waals surface area contributed by atoms with Gasteiger partial charge in [0.25, 0.3) is 0 Å². The molecule has 0 atom stereocenters. The SMILES string of the molecule is C=CCN(CC=C)Cc1cc(-c2cccs2)[nH]c1-c1cccs1. The average Bonchev–Trinajstić information content (AvgIpc) is 3.29. The monoisotopic (exact) mass is 340 g/mol. The van der Waals surface area contributed by atoms with Crippen molar-refractivity contribution in [2.24, 2.45) is 0 Å². The third-order valence-electron chi connectivity index (χ3n) is 3.62. The van der Waals surface area contributed by atoms with Crippen LogP contribution in [0.25, 0.3) is 21.1 Å². The summed E-state index contributed by atoms with van der Waals surface area (Å²) in [5, 5.41) is 4.23. The summed E-state index contributed by atoms with van der Waals surface area (Å²) < 4.78 is 0. The van der Waals surface area contributed by atoms with Gasteiger partial charge in [0, 0.05) is 19.6 Å². The molecule has 0 radical (unpaired) electrons. The standard InChI is InChI=1S/C19H20N2S2/c1-3-9-21(10-4-2)14-15-13-16(17-7-5-11-22-17)20-19(15)18-8-6-12-23-18/h3-8,11-13,20H,1-2,9-10,14H2. The van der Waals surface area contributed by atoms with Gasteiger partial charge in [-0.05, 0) is 34.5 Å². The molecule has 4 heteroatoms. The van der Waals surface area contributed by atoms with Crippen molar-refractivity contribution in [3.63, 3.8) is 0 Å². The lowest BCUT2D eigenvalue weighted by molar-refractivity contribution is 0.328. The molecule has 23 heavy (non-hydrogen) atoms. The molecule has 1 N–H and O–H groups in total. The number of aromatic amines is 1. The zero-order chi connectivity index (χ0) is 16.1. The minimum atomic E-state index is 0.857. The van der Waals surface area contributed by atoms with E-state index in [1.54, 1.807) is 22.7 Å². The summed E-state index contributed by atoms with van der Waals surface area (Å²) in [4.78, 5) is 8.50. The van der Waals surface area contributed by atoms with Crippen molar-refractivity contribution in [1.29, 1.82) is 0 Å². The fourth-order valence-electron chi connectivity index (χ4n) is 2.64. The highest BCUT2D eigenvalue weighted by Gasteiger charge is 2.15. The molecule has 3 aromatic rings. The maximum Gasteiger partial charge on any atom is 0.0606 e. The van der Waals surface area contributed by atoms with Gasteiger partial charge in [0.1, 0.15) is 0 Å². The topological polar surface area (TPSA) is 19.0 Å². The fraction of sp³-hybridized carbons (Fsp3) is 0.158. The van der Waals surface area contributed by atoms with E-state index < -0.39 is 0 Å². The second-order valence-corrected chi connectivity index (χ2v) is 7.20. The maximum atomic E-state index is 3.86. The Hall–Kier alpha value is -1.88. The molecule has 0 bridgehead atoms. The quantitative estimate of drug-likeness (QED) is 0.525. The number of thiophene rings is 2. The van der Waals surface area contributed by atoms with Crippen molar-refractivity contribution in [3.05, 3.63) is 72.0 Å². The van der Waals surface area contributed by atoms with E-state index in [0.29, 0.717) is 0 Å². The number of hydrogen-bond acceptors (Lipinski definition) is 3. The molecular weight excluding hydrogens is 320 g/mol. The Labute approximate surface area is 145 Å². The van der Waals surface area contributed by atoms with Crippen LogP contribution in [0.4, 0.5) is 0 Å². The number of rotatable bonds is 8. The van der Waals surface area contributed by atoms with Crippen LogP contribution in [0.2, 0.25) is 0 Å². The van der Waals surface area contributed by atoms with Crippen molar-refractivity contribution < 1.29 is 0 Å². The van der Waals surface area contributed by atoms with Gasteiger partial charge >= 0.3 is 0 Å². The van der Waals surface area contributed by atoms with Gasteiger partial charge in [-0.15, -0.1) is 35.8 Å². The third-order valence-corrected chi connectivity index (χ3v) is 5.41. The van der Waals surface area contributed by atoms with Crippen LogP contribution in [0.5, 0.6) is 0 Å². The van der Waals surface area contributed by atoms with E-state index >= 15 is 0 Å². The molecular formula is C19H20N2S2. The van der Waals surface area contributed by atoms with Crippen LogP contribution in [-0.4, -0.2) is 23.0 Å². The molecule has 0 saturated heterocycles. The van der Waals surface area contributed by atoms with Crippen molar-refractivity contribution in [3.8, 4) is 21.1 Å². The number of aromatic nitrogens is 1. The Morgan fingerprint density at radius 1 is 1.00 bits per heavy atom. The summed E-state index contributed by atoms with van der Waals surface area (Å²) in [5.41, 5.74) is 3.73. The normalized spacial score (nSPS) is 11.0. The highest BCUT2D eigenvalue weighted by Crippen LogP contribution is 2.34. The third kappa shape index (κ3) is 3.72. The summed E-state index contributed by atoms with van der Waals surface area (Å²) in [6.07, 6.45) is 3.89. The zero-order valence-electron chi connectivity index (χ0n) is 13.0. The highest BCUT2D eigenvalue weighted by molar-refractivity contribution is 7.14. The summed E-state index contributed by atoms with van der Waals surface area (Å²) in [7, 11) is 0. The van der Waals surface area contributed by atoms with E-state index in [9.17, 15) is 0 Å². The molecule has 2 nitrogen and oxygen atoms in total. The Balaban J connectivity index is 1.96. The molecule has 0 aliphatic heterocycles. The van der Waals surface area contributed by atoms with Gasteiger partial charge in [0.2, 0.25) is 0 Å².